The van der Waals surface area contributed by atoms with Crippen molar-refractivity contribution in [1.82, 2.24) is 4.90 Å². The van der Waals surface area contributed by atoms with Crippen LogP contribution in [0, 0.1) is 5.92 Å². The molecule has 1 saturated heterocycles. The summed E-state index contributed by atoms with van der Waals surface area (Å²) >= 11 is 12.7. The van der Waals surface area contributed by atoms with Gasteiger partial charge >= 0.3 is 0 Å². The number of likely N-dealkylation sites (tertiary alicyclic amines) is 1. The van der Waals surface area contributed by atoms with Crippen LogP contribution in [0.25, 0.3) is 0 Å². The van der Waals surface area contributed by atoms with Crippen molar-refractivity contribution < 1.29 is 0 Å². The standard InChI is InChI=1S/C16H24Cl2N2/c1-11(2)20-8-6-12(7-9-20)13(10-19)16-14(17)4-3-5-15(16)18/h3-5,11-13H,6-10,19H2,1-2H3. The first-order valence-corrected chi connectivity index (χ1v) is 8.18. The minimum atomic E-state index is 0.269. The zero-order valence-corrected chi connectivity index (χ0v) is 13.8. The summed E-state index contributed by atoms with van der Waals surface area (Å²) in [6, 6.07) is 6.34. The highest BCUT2D eigenvalue weighted by atomic mass is 35.5. The molecule has 1 aromatic carbocycles. The first-order chi connectivity index (χ1) is 9.54. The zero-order valence-electron chi connectivity index (χ0n) is 12.3. The van der Waals surface area contributed by atoms with Crippen molar-refractivity contribution in [2.24, 2.45) is 11.7 Å². The molecule has 20 heavy (non-hydrogen) atoms. The normalized spacial score (nSPS) is 19.5. The second kappa shape index (κ2) is 7.13. The van der Waals surface area contributed by atoms with E-state index in [0.717, 1.165) is 28.7 Å². The molecule has 2 nitrogen and oxygen atoms in total. The average molecular weight is 315 g/mol. The van der Waals surface area contributed by atoms with Gasteiger partial charge in [0.1, 0.15) is 0 Å². The lowest BCUT2D eigenvalue weighted by Gasteiger charge is -2.38. The van der Waals surface area contributed by atoms with E-state index in [-0.39, 0.29) is 5.92 Å². The molecule has 1 aromatic rings. The molecule has 1 aliphatic rings. The van der Waals surface area contributed by atoms with Gasteiger partial charge in [0.15, 0.2) is 0 Å². The van der Waals surface area contributed by atoms with Crippen molar-refractivity contribution in [1.29, 1.82) is 0 Å². The summed E-state index contributed by atoms with van der Waals surface area (Å²) in [5.74, 6) is 0.845. The maximum atomic E-state index is 6.35. The summed E-state index contributed by atoms with van der Waals surface area (Å²) in [5, 5.41) is 1.50. The molecule has 1 aliphatic heterocycles. The number of benzene rings is 1. The molecule has 1 unspecified atom stereocenters. The molecule has 0 bridgehead atoms. The van der Waals surface area contributed by atoms with Gasteiger partial charge in [0.2, 0.25) is 0 Å². The van der Waals surface area contributed by atoms with Crippen LogP contribution in [0.15, 0.2) is 18.2 Å². The van der Waals surface area contributed by atoms with Gasteiger partial charge < -0.3 is 10.6 Å². The van der Waals surface area contributed by atoms with Crippen molar-refractivity contribution in [3.8, 4) is 0 Å². The Labute approximate surface area is 132 Å². The Morgan fingerprint density at radius 3 is 2.20 bits per heavy atom. The molecule has 0 amide bonds. The lowest BCUT2D eigenvalue weighted by Crippen LogP contribution is -2.40. The van der Waals surface area contributed by atoms with E-state index in [2.05, 4.69) is 18.7 Å². The van der Waals surface area contributed by atoms with Gasteiger partial charge in [-0.05, 0) is 69.9 Å². The second-order valence-electron chi connectivity index (χ2n) is 5.94. The Morgan fingerprint density at radius 1 is 1.20 bits per heavy atom. The molecule has 0 aliphatic carbocycles. The maximum absolute atomic E-state index is 6.35. The lowest BCUT2D eigenvalue weighted by molar-refractivity contribution is 0.138. The van der Waals surface area contributed by atoms with Gasteiger partial charge in [-0.15, -0.1) is 0 Å². The summed E-state index contributed by atoms with van der Waals surface area (Å²) in [6.07, 6.45) is 2.34. The molecule has 1 heterocycles. The number of nitrogens with zero attached hydrogens (tertiary/aromatic N) is 1. The summed E-state index contributed by atoms with van der Waals surface area (Å²) < 4.78 is 0. The quantitative estimate of drug-likeness (QED) is 0.904. The summed E-state index contributed by atoms with van der Waals surface area (Å²) in [5.41, 5.74) is 7.08. The minimum Gasteiger partial charge on any atom is -0.330 e. The Balaban J connectivity index is 2.14. The van der Waals surface area contributed by atoms with Crippen LogP contribution in [0.5, 0.6) is 0 Å². The Bertz CT molecular complexity index is 420. The summed E-state index contributed by atoms with van der Waals surface area (Å²) in [6.45, 7) is 7.40. The van der Waals surface area contributed by atoms with Crippen LogP contribution in [0.1, 0.15) is 38.2 Å². The molecule has 2 rings (SSSR count). The van der Waals surface area contributed by atoms with E-state index in [1.807, 2.05) is 18.2 Å². The van der Waals surface area contributed by atoms with E-state index in [0.29, 0.717) is 18.5 Å². The van der Waals surface area contributed by atoms with E-state index in [1.54, 1.807) is 0 Å². The van der Waals surface area contributed by atoms with Gasteiger partial charge in [-0.2, -0.15) is 0 Å². The van der Waals surface area contributed by atoms with Gasteiger partial charge in [0, 0.05) is 22.0 Å². The highest BCUT2D eigenvalue weighted by molar-refractivity contribution is 6.36. The fourth-order valence-electron chi connectivity index (χ4n) is 3.25. The molecule has 0 radical (unpaired) electrons. The van der Waals surface area contributed by atoms with Crippen molar-refractivity contribution in [3.05, 3.63) is 33.8 Å². The average Bonchev–Trinajstić information content (AvgIpc) is 2.43. The van der Waals surface area contributed by atoms with Crippen LogP contribution in [-0.2, 0) is 0 Å². The predicted octanol–water partition coefficient (Wildman–Crippen LogP) is 4.16. The van der Waals surface area contributed by atoms with Gasteiger partial charge in [-0.3, -0.25) is 0 Å². The molecular formula is C16H24Cl2N2. The first-order valence-electron chi connectivity index (χ1n) is 7.42. The molecule has 112 valence electrons. The van der Waals surface area contributed by atoms with E-state index < -0.39 is 0 Å². The molecular weight excluding hydrogens is 291 g/mol. The van der Waals surface area contributed by atoms with Crippen LogP contribution in [0.3, 0.4) is 0 Å². The Hall–Kier alpha value is -0.280. The number of hydrogen-bond donors (Lipinski definition) is 1. The van der Waals surface area contributed by atoms with Gasteiger partial charge in [-0.1, -0.05) is 29.3 Å². The molecule has 1 atom stereocenters. The van der Waals surface area contributed by atoms with Gasteiger partial charge in [-0.25, -0.2) is 0 Å². The number of nitrogens with two attached hydrogens (primary N) is 1. The number of halogens is 2. The Kier molecular flexibility index (Phi) is 5.74. The fourth-order valence-corrected chi connectivity index (χ4v) is 3.93. The van der Waals surface area contributed by atoms with Crippen LogP contribution in [0.4, 0.5) is 0 Å². The highest BCUT2D eigenvalue weighted by Gasteiger charge is 2.29. The molecule has 4 heteroatoms. The SMILES string of the molecule is CC(C)N1CCC(C(CN)c2c(Cl)cccc2Cl)CC1. The van der Waals surface area contributed by atoms with Crippen molar-refractivity contribution in [2.75, 3.05) is 19.6 Å². The van der Waals surface area contributed by atoms with Gasteiger partial charge in [0.05, 0.1) is 0 Å². The van der Waals surface area contributed by atoms with Crippen molar-refractivity contribution in [2.45, 2.75) is 38.6 Å². The third-order valence-electron chi connectivity index (χ3n) is 4.50. The van der Waals surface area contributed by atoms with Crippen molar-refractivity contribution in [3.63, 3.8) is 0 Å². The van der Waals surface area contributed by atoms with Crippen LogP contribution in [0.2, 0.25) is 10.0 Å². The first kappa shape index (κ1) is 16.1. The molecule has 0 aromatic heterocycles. The van der Waals surface area contributed by atoms with Crippen LogP contribution in [-0.4, -0.2) is 30.6 Å². The van der Waals surface area contributed by atoms with E-state index in [9.17, 15) is 0 Å². The third-order valence-corrected chi connectivity index (χ3v) is 5.16. The van der Waals surface area contributed by atoms with Crippen molar-refractivity contribution >= 4 is 23.2 Å². The maximum Gasteiger partial charge on any atom is 0.0456 e. The molecule has 2 N–H and O–H groups in total. The predicted molar refractivity (Wildman–Crippen MR) is 87.7 cm³/mol. The fraction of sp³-hybridized carbons (Fsp3) is 0.625. The summed E-state index contributed by atoms with van der Waals surface area (Å²) in [7, 11) is 0. The van der Waals surface area contributed by atoms with E-state index in [4.69, 9.17) is 28.9 Å². The number of piperidine rings is 1. The third kappa shape index (κ3) is 3.48. The monoisotopic (exact) mass is 314 g/mol. The Morgan fingerprint density at radius 2 is 1.75 bits per heavy atom. The minimum absolute atomic E-state index is 0.269. The lowest BCUT2D eigenvalue weighted by atomic mass is 9.80. The topological polar surface area (TPSA) is 29.3 Å². The van der Waals surface area contributed by atoms with E-state index >= 15 is 0 Å². The zero-order chi connectivity index (χ0) is 14.7. The summed E-state index contributed by atoms with van der Waals surface area (Å²) in [4.78, 5) is 2.53. The number of rotatable bonds is 4. The largest absolute Gasteiger partial charge is 0.330 e. The van der Waals surface area contributed by atoms with Crippen LogP contribution >= 0.6 is 23.2 Å². The van der Waals surface area contributed by atoms with Gasteiger partial charge in [0.25, 0.3) is 0 Å². The number of hydrogen-bond acceptors (Lipinski definition) is 2. The molecule has 0 spiro atoms. The highest BCUT2D eigenvalue weighted by Crippen LogP contribution is 2.39. The van der Waals surface area contributed by atoms with Crippen LogP contribution < -0.4 is 5.73 Å². The second-order valence-corrected chi connectivity index (χ2v) is 6.76. The molecule has 1 fully saturated rings. The van der Waals surface area contributed by atoms with E-state index in [1.165, 1.54) is 12.8 Å². The smallest absolute Gasteiger partial charge is 0.0456 e. The molecule has 0 saturated carbocycles.